The number of benzene rings is 1. The van der Waals surface area contributed by atoms with Crippen molar-refractivity contribution in [3.8, 4) is 0 Å². The van der Waals surface area contributed by atoms with Gasteiger partial charge in [-0.2, -0.15) is 0 Å². The normalized spacial score (nSPS) is 18.2. The molecule has 0 radical (unpaired) electrons. The SMILES string of the molecule is COC1(C(=O)Cc2ccc(Cl)cc2)CCCC1. The summed E-state index contributed by atoms with van der Waals surface area (Å²) < 4.78 is 5.48. The number of Topliss-reactive ketones (excluding diaryl/α,β-unsaturated/α-hetero) is 1. The van der Waals surface area contributed by atoms with Crippen LogP contribution in [0.3, 0.4) is 0 Å². The molecule has 1 saturated carbocycles. The predicted octanol–water partition coefficient (Wildman–Crippen LogP) is 3.41. The lowest BCUT2D eigenvalue weighted by molar-refractivity contribution is -0.139. The van der Waals surface area contributed by atoms with Crippen molar-refractivity contribution in [3.05, 3.63) is 34.9 Å². The Bertz CT molecular complexity index is 391. The third kappa shape index (κ3) is 2.70. The molecule has 3 heteroatoms. The number of methoxy groups -OCH3 is 1. The van der Waals surface area contributed by atoms with Gasteiger partial charge in [-0.3, -0.25) is 4.79 Å². The van der Waals surface area contributed by atoms with Gasteiger partial charge in [-0.25, -0.2) is 0 Å². The first-order valence-electron chi connectivity index (χ1n) is 5.99. The molecule has 17 heavy (non-hydrogen) atoms. The molecular formula is C14H17ClO2. The van der Waals surface area contributed by atoms with Crippen LogP contribution < -0.4 is 0 Å². The molecule has 0 aromatic heterocycles. The van der Waals surface area contributed by atoms with Crippen molar-refractivity contribution in [2.45, 2.75) is 37.7 Å². The highest BCUT2D eigenvalue weighted by Crippen LogP contribution is 2.34. The molecule has 92 valence electrons. The molecule has 0 aliphatic heterocycles. The average Bonchev–Trinajstić information content (AvgIpc) is 2.82. The van der Waals surface area contributed by atoms with Gasteiger partial charge in [0.2, 0.25) is 0 Å². The maximum absolute atomic E-state index is 12.3. The third-order valence-corrected chi connectivity index (χ3v) is 3.84. The van der Waals surface area contributed by atoms with Crippen LogP contribution in [0.15, 0.2) is 24.3 Å². The lowest BCUT2D eigenvalue weighted by Gasteiger charge is -2.25. The highest BCUT2D eigenvalue weighted by Gasteiger charge is 2.40. The summed E-state index contributed by atoms with van der Waals surface area (Å²) in [6, 6.07) is 7.44. The van der Waals surface area contributed by atoms with Crippen LogP contribution in [0.4, 0.5) is 0 Å². The van der Waals surface area contributed by atoms with Crippen molar-refractivity contribution in [1.29, 1.82) is 0 Å². The van der Waals surface area contributed by atoms with Crippen LogP contribution in [0.1, 0.15) is 31.2 Å². The van der Waals surface area contributed by atoms with Crippen LogP contribution in [0.5, 0.6) is 0 Å². The van der Waals surface area contributed by atoms with Gasteiger partial charge in [0, 0.05) is 18.6 Å². The van der Waals surface area contributed by atoms with Gasteiger partial charge < -0.3 is 4.74 Å². The number of ether oxygens (including phenoxy) is 1. The standard InChI is InChI=1S/C14H17ClO2/c1-17-14(8-2-3-9-14)13(16)10-11-4-6-12(15)7-5-11/h4-7H,2-3,8-10H2,1H3. The molecule has 0 bridgehead atoms. The number of rotatable bonds is 4. The summed E-state index contributed by atoms with van der Waals surface area (Å²) in [4.78, 5) is 12.3. The van der Waals surface area contributed by atoms with Crippen LogP contribution in [0.2, 0.25) is 5.02 Å². The zero-order valence-electron chi connectivity index (χ0n) is 10.0. The van der Waals surface area contributed by atoms with Crippen LogP contribution in [0.25, 0.3) is 0 Å². The fourth-order valence-electron chi connectivity index (χ4n) is 2.49. The van der Waals surface area contributed by atoms with Crippen LogP contribution in [0, 0.1) is 0 Å². The Labute approximate surface area is 107 Å². The van der Waals surface area contributed by atoms with Crippen molar-refractivity contribution in [1.82, 2.24) is 0 Å². The molecule has 0 saturated heterocycles. The van der Waals surface area contributed by atoms with Crippen molar-refractivity contribution in [2.75, 3.05) is 7.11 Å². The first-order valence-corrected chi connectivity index (χ1v) is 6.37. The summed E-state index contributed by atoms with van der Waals surface area (Å²) in [6.07, 6.45) is 4.32. The second-order valence-corrected chi connectivity index (χ2v) is 5.07. The van der Waals surface area contributed by atoms with E-state index in [0.717, 1.165) is 31.2 Å². The number of hydrogen-bond acceptors (Lipinski definition) is 2. The minimum atomic E-state index is -0.528. The Morgan fingerprint density at radius 3 is 2.41 bits per heavy atom. The van der Waals surface area contributed by atoms with E-state index in [-0.39, 0.29) is 5.78 Å². The minimum Gasteiger partial charge on any atom is -0.370 e. The molecule has 0 heterocycles. The van der Waals surface area contributed by atoms with Crippen LogP contribution in [-0.4, -0.2) is 18.5 Å². The second-order valence-electron chi connectivity index (χ2n) is 4.63. The zero-order valence-corrected chi connectivity index (χ0v) is 10.8. The highest BCUT2D eigenvalue weighted by molar-refractivity contribution is 6.30. The van der Waals surface area contributed by atoms with Gasteiger partial charge in [0.1, 0.15) is 5.60 Å². The van der Waals surface area contributed by atoms with Gasteiger partial charge in [-0.15, -0.1) is 0 Å². The molecular weight excluding hydrogens is 236 g/mol. The minimum absolute atomic E-state index is 0.194. The molecule has 1 aliphatic carbocycles. The van der Waals surface area contributed by atoms with Crippen molar-refractivity contribution in [2.24, 2.45) is 0 Å². The lowest BCUT2D eigenvalue weighted by Crippen LogP contribution is -2.38. The molecule has 0 N–H and O–H groups in total. The van der Waals surface area contributed by atoms with Gasteiger partial charge in [0.05, 0.1) is 0 Å². The Balaban J connectivity index is 2.08. The Kier molecular flexibility index (Phi) is 3.85. The van der Waals surface area contributed by atoms with E-state index in [1.807, 2.05) is 24.3 Å². The van der Waals surface area contributed by atoms with E-state index in [1.165, 1.54) is 0 Å². The van der Waals surface area contributed by atoms with Gasteiger partial charge in [-0.05, 0) is 43.4 Å². The highest BCUT2D eigenvalue weighted by atomic mass is 35.5. The predicted molar refractivity (Wildman–Crippen MR) is 68.4 cm³/mol. The third-order valence-electron chi connectivity index (χ3n) is 3.59. The molecule has 1 aromatic rings. The number of carbonyl (C=O) groups excluding carboxylic acids is 1. The molecule has 1 fully saturated rings. The van der Waals surface area contributed by atoms with Gasteiger partial charge in [-0.1, -0.05) is 23.7 Å². The molecule has 2 nitrogen and oxygen atoms in total. The van der Waals surface area contributed by atoms with Crippen molar-refractivity contribution < 1.29 is 9.53 Å². The lowest BCUT2D eigenvalue weighted by atomic mass is 9.91. The van der Waals surface area contributed by atoms with E-state index in [2.05, 4.69) is 0 Å². The van der Waals surface area contributed by atoms with E-state index in [0.29, 0.717) is 11.4 Å². The molecule has 0 atom stereocenters. The number of halogens is 1. The summed E-state index contributed by atoms with van der Waals surface area (Å²) in [5.74, 6) is 0.194. The Morgan fingerprint density at radius 2 is 1.88 bits per heavy atom. The number of ketones is 1. The molecule has 2 rings (SSSR count). The topological polar surface area (TPSA) is 26.3 Å². The average molecular weight is 253 g/mol. The second kappa shape index (κ2) is 5.19. The van der Waals surface area contributed by atoms with Crippen molar-refractivity contribution >= 4 is 17.4 Å². The van der Waals surface area contributed by atoms with Gasteiger partial charge in [0.25, 0.3) is 0 Å². The monoisotopic (exact) mass is 252 g/mol. The van der Waals surface area contributed by atoms with E-state index in [9.17, 15) is 4.79 Å². The maximum atomic E-state index is 12.3. The maximum Gasteiger partial charge on any atom is 0.168 e. The quantitative estimate of drug-likeness (QED) is 0.821. The van der Waals surface area contributed by atoms with Crippen molar-refractivity contribution in [3.63, 3.8) is 0 Å². The largest absolute Gasteiger partial charge is 0.370 e. The fraction of sp³-hybridized carbons (Fsp3) is 0.500. The van der Waals surface area contributed by atoms with E-state index in [1.54, 1.807) is 7.11 Å². The van der Waals surface area contributed by atoms with Crippen LogP contribution in [-0.2, 0) is 16.0 Å². The first kappa shape index (κ1) is 12.6. The smallest absolute Gasteiger partial charge is 0.168 e. The number of carbonyl (C=O) groups is 1. The molecule has 0 amide bonds. The summed E-state index contributed by atoms with van der Waals surface area (Å²) in [5.41, 5.74) is 0.474. The number of hydrogen-bond donors (Lipinski definition) is 0. The Morgan fingerprint density at radius 1 is 1.29 bits per heavy atom. The summed E-state index contributed by atoms with van der Waals surface area (Å²) in [6.45, 7) is 0. The molecule has 1 aromatic carbocycles. The summed E-state index contributed by atoms with van der Waals surface area (Å²) in [7, 11) is 1.64. The fourth-order valence-corrected chi connectivity index (χ4v) is 2.62. The van der Waals surface area contributed by atoms with Crippen LogP contribution >= 0.6 is 11.6 Å². The Hall–Kier alpha value is -0.860. The first-order chi connectivity index (χ1) is 8.16. The summed E-state index contributed by atoms with van der Waals surface area (Å²) >= 11 is 5.82. The molecule has 1 aliphatic rings. The van der Waals surface area contributed by atoms with E-state index < -0.39 is 5.60 Å². The van der Waals surface area contributed by atoms with E-state index >= 15 is 0 Å². The van der Waals surface area contributed by atoms with E-state index in [4.69, 9.17) is 16.3 Å². The zero-order chi connectivity index (χ0) is 12.3. The molecule has 0 unspecified atom stereocenters. The van der Waals surface area contributed by atoms with Gasteiger partial charge in [0.15, 0.2) is 5.78 Å². The summed E-state index contributed by atoms with van der Waals surface area (Å²) in [5, 5.41) is 0.698. The molecule has 0 spiro atoms. The van der Waals surface area contributed by atoms with Gasteiger partial charge >= 0.3 is 0 Å².